The van der Waals surface area contributed by atoms with Crippen LogP contribution in [0.4, 0.5) is 0 Å². The molecule has 0 amide bonds. The van der Waals surface area contributed by atoms with Gasteiger partial charge in [0.2, 0.25) is 0 Å². The van der Waals surface area contributed by atoms with E-state index in [0.29, 0.717) is 12.2 Å². The third-order valence-corrected chi connectivity index (χ3v) is 3.57. The van der Waals surface area contributed by atoms with Crippen LogP contribution in [0.1, 0.15) is 35.6 Å². The van der Waals surface area contributed by atoms with Crippen molar-refractivity contribution in [1.82, 2.24) is 0 Å². The first kappa shape index (κ1) is 16.8. The van der Waals surface area contributed by atoms with Crippen LogP contribution in [0.25, 0.3) is 11.6 Å². The monoisotopic (exact) mass is 310 g/mol. The van der Waals surface area contributed by atoms with Crippen LogP contribution in [0.15, 0.2) is 42.5 Å². The summed E-state index contributed by atoms with van der Waals surface area (Å²) < 4.78 is 5.54. The van der Waals surface area contributed by atoms with Crippen molar-refractivity contribution in [2.75, 3.05) is 6.61 Å². The predicted molar refractivity (Wildman–Crippen MR) is 93.7 cm³/mol. The molecule has 0 heterocycles. The van der Waals surface area contributed by atoms with Crippen LogP contribution in [0.5, 0.6) is 5.75 Å². The summed E-state index contributed by atoms with van der Waals surface area (Å²) in [6.07, 6.45) is 2.65. The Morgan fingerprint density at radius 2 is 1.83 bits per heavy atom. The van der Waals surface area contributed by atoms with Crippen molar-refractivity contribution in [3.05, 3.63) is 64.7 Å². The summed E-state index contributed by atoms with van der Waals surface area (Å²) in [5.74, 6) is -0.129. The third-order valence-electron chi connectivity index (χ3n) is 3.57. The lowest BCUT2D eigenvalue weighted by Crippen LogP contribution is -2.02. The molecule has 120 valence electrons. The van der Waals surface area contributed by atoms with Gasteiger partial charge in [0.05, 0.1) is 12.2 Å². The van der Waals surface area contributed by atoms with Crippen LogP contribution < -0.4 is 4.74 Å². The van der Waals surface area contributed by atoms with Crippen molar-refractivity contribution in [2.24, 2.45) is 0 Å². The van der Waals surface area contributed by atoms with Crippen molar-refractivity contribution < 1.29 is 14.6 Å². The highest BCUT2D eigenvalue weighted by atomic mass is 16.5. The molecular formula is C20H22O3. The highest BCUT2D eigenvalue weighted by molar-refractivity contribution is 6.21. The second-order valence-electron chi connectivity index (χ2n) is 5.60. The second kappa shape index (κ2) is 7.63. The number of rotatable bonds is 6. The van der Waals surface area contributed by atoms with E-state index in [1.165, 1.54) is 0 Å². The lowest BCUT2D eigenvalue weighted by Gasteiger charge is -2.09. The minimum absolute atomic E-state index is 0.296. The van der Waals surface area contributed by atoms with Crippen molar-refractivity contribution in [3.8, 4) is 5.75 Å². The first-order valence-electron chi connectivity index (χ1n) is 7.76. The summed E-state index contributed by atoms with van der Waals surface area (Å²) in [6.45, 7) is 6.66. The van der Waals surface area contributed by atoms with E-state index in [0.717, 1.165) is 34.4 Å². The summed E-state index contributed by atoms with van der Waals surface area (Å²) in [6, 6.07) is 13.3. The molecule has 23 heavy (non-hydrogen) atoms. The Kier molecular flexibility index (Phi) is 5.58. The average molecular weight is 310 g/mol. The number of aliphatic carboxylic acids is 1. The summed E-state index contributed by atoms with van der Waals surface area (Å²) in [5, 5.41) is 9.56. The fourth-order valence-electron chi connectivity index (χ4n) is 2.42. The van der Waals surface area contributed by atoms with Gasteiger partial charge in [0.1, 0.15) is 5.75 Å². The number of hydrogen-bond acceptors (Lipinski definition) is 2. The normalized spacial score (nSPS) is 11.3. The molecule has 0 atom stereocenters. The van der Waals surface area contributed by atoms with Gasteiger partial charge in [-0.2, -0.15) is 0 Å². The highest BCUT2D eigenvalue weighted by Gasteiger charge is 2.13. The van der Waals surface area contributed by atoms with E-state index < -0.39 is 5.97 Å². The number of carboxylic acids is 1. The molecule has 0 bridgehead atoms. The molecule has 0 aromatic heterocycles. The first-order valence-corrected chi connectivity index (χ1v) is 7.76. The summed E-state index contributed by atoms with van der Waals surface area (Å²) in [5.41, 5.74) is 3.96. The Balaban J connectivity index is 2.33. The molecule has 0 saturated heterocycles. The fourth-order valence-corrected chi connectivity index (χ4v) is 2.42. The average Bonchev–Trinajstić information content (AvgIpc) is 2.52. The van der Waals surface area contributed by atoms with Gasteiger partial charge in [-0.15, -0.1) is 0 Å². The van der Waals surface area contributed by atoms with Gasteiger partial charge < -0.3 is 9.84 Å². The minimum Gasteiger partial charge on any atom is -0.494 e. The molecule has 0 aliphatic heterocycles. The van der Waals surface area contributed by atoms with Gasteiger partial charge >= 0.3 is 5.97 Å². The highest BCUT2D eigenvalue weighted by Crippen LogP contribution is 2.24. The lowest BCUT2D eigenvalue weighted by molar-refractivity contribution is -0.130. The summed E-state index contributed by atoms with van der Waals surface area (Å²) >= 11 is 0. The molecule has 0 aliphatic carbocycles. The molecule has 0 radical (unpaired) electrons. The van der Waals surface area contributed by atoms with Crippen LogP contribution in [0.3, 0.4) is 0 Å². The molecule has 2 rings (SSSR count). The van der Waals surface area contributed by atoms with Crippen LogP contribution in [-0.4, -0.2) is 17.7 Å². The maximum absolute atomic E-state index is 11.7. The standard InChI is InChI=1S/C20H22O3/c1-4-11-23-17-8-6-16(7-9-17)13-19(20(21)22)18-10-5-14(2)12-15(18)3/h5-10,12-13H,4,11H2,1-3H3,(H,21,22)/b19-13-. The van der Waals surface area contributed by atoms with Crippen LogP contribution in [0.2, 0.25) is 0 Å². The zero-order chi connectivity index (χ0) is 16.8. The number of benzene rings is 2. The molecule has 0 spiro atoms. The van der Waals surface area contributed by atoms with Crippen LogP contribution in [0, 0.1) is 13.8 Å². The quantitative estimate of drug-likeness (QED) is 0.620. The molecule has 3 heteroatoms. The Bertz CT molecular complexity index is 712. The van der Waals surface area contributed by atoms with Gasteiger partial charge in [0.15, 0.2) is 0 Å². The number of carboxylic acid groups (broad SMARTS) is 1. The van der Waals surface area contributed by atoms with Crippen molar-refractivity contribution in [2.45, 2.75) is 27.2 Å². The molecule has 2 aromatic carbocycles. The van der Waals surface area contributed by atoms with Crippen molar-refractivity contribution >= 4 is 17.6 Å². The number of hydrogen-bond donors (Lipinski definition) is 1. The topological polar surface area (TPSA) is 46.5 Å². The second-order valence-corrected chi connectivity index (χ2v) is 5.60. The summed E-state index contributed by atoms with van der Waals surface area (Å²) in [4.78, 5) is 11.7. The van der Waals surface area contributed by atoms with E-state index in [9.17, 15) is 9.90 Å². The molecule has 0 unspecified atom stereocenters. The molecule has 3 nitrogen and oxygen atoms in total. The van der Waals surface area contributed by atoms with Gasteiger partial charge in [-0.1, -0.05) is 42.8 Å². The first-order chi connectivity index (χ1) is 11.0. The van der Waals surface area contributed by atoms with Crippen LogP contribution >= 0.6 is 0 Å². The Morgan fingerprint density at radius 1 is 1.13 bits per heavy atom. The van der Waals surface area contributed by atoms with Gasteiger partial charge in [0, 0.05) is 0 Å². The molecule has 2 aromatic rings. The minimum atomic E-state index is -0.928. The molecular weight excluding hydrogens is 288 g/mol. The van der Waals surface area contributed by atoms with Gasteiger partial charge in [-0.3, -0.25) is 0 Å². The fraction of sp³-hybridized carbons (Fsp3) is 0.250. The van der Waals surface area contributed by atoms with Gasteiger partial charge in [-0.25, -0.2) is 4.79 Å². The van der Waals surface area contributed by atoms with E-state index >= 15 is 0 Å². The molecule has 0 aliphatic rings. The zero-order valence-electron chi connectivity index (χ0n) is 13.8. The number of carbonyl (C=O) groups is 1. The van der Waals surface area contributed by atoms with Gasteiger partial charge in [-0.05, 0) is 55.2 Å². The van der Waals surface area contributed by atoms with Crippen molar-refractivity contribution in [1.29, 1.82) is 0 Å². The van der Waals surface area contributed by atoms with Crippen molar-refractivity contribution in [3.63, 3.8) is 0 Å². The maximum Gasteiger partial charge on any atom is 0.336 e. The molecule has 0 fully saturated rings. The Morgan fingerprint density at radius 3 is 2.39 bits per heavy atom. The predicted octanol–water partition coefficient (Wildman–Crippen LogP) is 4.72. The van der Waals surface area contributed by atoms with E-state index in [4.69, 9.17) is 4.74 Å². The van der Waals surface area contributed by atoms with E-state index in [-0.39, 0.29) is 0 Å². The lowest BCUT2D eigenvalue weighted by atomic mass is 9.97. The largest absolute Gasteiger partial charge is 0.494 e. The summed E-state index contributed by atoms with van der Waals surface area (Å²) in [7, 11) is 0. The zero-order valence-corrected chi connectivity index (χ0v) is 13.8. The third kappa shape index (κ3) is 4.46. The van der Waals surface area contributed by atoms with Crippen LogP contribution in [-0.2, 0) is 4.79 Å². The Labute approximate surface area is 137 Å². The smallest absolute Gasteiger partial charge is 0.336 e. The number of aryl methyl sites for hydroxylation is 2. The van der Waals surface area contributed by atoms with E-state index in [1.54, 1.807) is 6.08 Å². The van der Waals surface area contributed by atoms with E-state index in [1.807, 2.05) is 56.3 Å². The SMILES string of the molecule is CCCOc1ccc(/C=C(\C(=O)O)c2ccc(C)cc2C)cc1. The molecule has 0 saturated carbocycles. The Hall–Kier alpha value is -2.55. The van der Waals surface area contributed by atoms with Gasteiger partial charge in [0.25, 0.3) is 0 Å². The number of ether oxygens (including phenoxy) is 1. The van der Waals surface area contributed by atoms with E-state index in [2.05, 4.69) is 6.92 Å². The maximum atomic E-state index is 11.7. The molecule has 1 N–H and O–H groups in total.